The summed E-state index contributed by atoms with van der Waals surface area (Å²) in [7, 11) is 1.30. The maximum Gasteiger partial charge on any atom is 0.358 e. The van der Waals surface area contributed by atoms with Crippen molar-refractivity contribution in [3.05, 3.63) is 54.7 Å². The van der Waals surface area contributed by atoms with Crippen LogP contribution in [0.4, 0.5) is 11.5 Å². The summed E-state index contributed by atoms with van der Waals surface area (Å²) >= 11 is 0. The molecule has 6 heteroatoms. The molecule has 0 amide bonds. The van der Waals surface area contributed by atoms with Gasteiger partial charge in [-0.25, -0.2) is 14.8 Å². The van der Waals surface area contributed by atoms with E-state index in [-0.39, 0.29) is 5.69 Å². The van der Waals surface area contributed by atoms with Gasteiger partial charge < -0.3 is 10.1 Å². The van der Waals surface area contributed by atoms with Crippen molar-refractivity contribution in [1.29, 1.82) is 0 Å². The van der Waals surface area contributed by atoms with Gasteiger partial charge in [0.05, 0.1) is 19.5 Å². The highest BCUT2D eigenvalue weighted by Crippen LogP contribution is 2.24. The molecule has 0 bridgehead atoms. The third-order valence-electron chi connectivity index (χ3n) is 2.99. The molecule has 0 aliphatic rings. The Morgan fingerprint density at radius 3 is 2.81 bits per heavy atom. The Bertz CT molecular complexity index is 782. The molecule has 2 heterocycles. The van der Waals surface area contributed by atoms with Crippen molar-refractivity contribution < 1.29 is 9.53 Å². The molecule has 104 valence electrons. The van der Waals surface area contributed by atoms with Crippen LogP contribution < -0.4 is 5.32 Å². The monoisotopic (exact) mass is 280 g/mol. The number of hydrogen-bond acceptors (Lipinski definition) is 6. The van der Waals surface area contributed by atoms with Crippen LogP contribution in [-0.2, 0) is 4.74 Å². The smallest absolute Gasteiger partial charge is 0.358 e. The molecule has 0 radical (unpaired) electrons. The average molecular weight is 280 g/mol. The molecular weight excluding hydrogens is 268 g/mol. The van der Waals surface area contributed by atoms with Crippen molar-refractivity contribution in [3.8, 4) is 0 Å². The summed E-state index contributed by atoms with van der Waals surface area (Å²) in [5, 5.41) is 5.23. The molecule has 0 aliphatic heterocycles. The number of nitrogens with zero attached hydrogens (tertiary/aromatic N) is 3. The van der Waals surface area contributed by atoms with E-state index in [2.05, 4.69) is 25.0 Å². The number of benzene rings is 1. The third kappa shape index (κ3) is 2.64. The minimum Gasteiger partial charge on any atom is -0.464 e. The van der Waals surface area contributed by atoms with Crippen molar-refractivity contribution in [3.63, 3.8) is 0 Å². The van der Waals surface area contributed by atoms with Crippen molar-refractivity contribution in [2.24, 2.45) is 0 Å². The van der Waals surface area contributed by atoms with Crippen LogP contribution >= 0.6 is 0 Å². The Morgan fingerprint density at radius 1 is 1.14 bits per heavy atom. The summed E-state index contributed by atoms with van der Waals surface area (Å²) in [6.07, 6.45) is 6.39. The normalized spacial score (nSPS) is 10.3. The lowest BCUT2D eigenvalue weighted by molar-refractivity contribution is 0.0593. The summed E-state index contributed by atoms with van der Waals surface area (Å²) in [5.41, 5.74) is 1.04. The topological polar surface area (TPSA) is 77.0 Å². The first-order valence-corrected chi connectivity index (χ1v) is 6.28. The highest BCUT2D eigenvalue weighted by Gasteiger charge is 2.08. The number of carbonyl (C=O) groups is 1. The zero-order valence-electron chi connectivity index (χ0n) is 11.3. The van der Waals surface area contributed by atoms with E-state index in [0.29, 0.717) is 5.82 Å². The van der Waals surface area contributed by atoms with Crippen LogP contribution in [0.3, 0.4) is 0 Å². The minimum absolute atomic E-state index is 0.169. The Labute approximate surface area is 120 Å². The van der Waals surface area contributed by atoms with Crippen LogP contribution in [0.25, 0.3) is 10.8 Å². The number of methoxy groups -OCH3 is 1. The number of hydrogen-bond donors (Lipinski definition) is 1. The number of carbonyl (C=O) groups excluding carboxylic acids is 1. The standard InChI is InChI=1S/C15H12N4O2/c1-21-15(20)13-8-18-14(9-17-13)19-12-4-2-3-10-5-6-16-7-11(10)12/h2-9H,1H3,(H,18,19). The number of aromatic nitrogens is 3. The lowest BCUT2D eigenvalue weighted by atomic mass is 10.1. The van der Waals surface area contributed by atoms with Crippen molar-refractivity contribution >= 4 is 28.2 Å². The van der Waals surface area contributed by atoms with E-state index >= 15 is 0 Å². The van der Waals surface area contributed by atoms with Gasteiger partial charge in [-0.3, -0.25) is 4.98 Å². The minimum atomic E-state index is -0.511. The summed E-state index contributed by atoms with van der Waals surface area (Å²) in [5.74, 6) is 0.0300. The maximum absolute atomic E-state index is 11.3. The molecule has 0 fully saturated rings. The molecular formula is C15H12N4O2. The number of ether oxygens (including phenoxy) is 1. The van der Waals surface area contributed by atoms with Gasteiger partial charge in [0.2, 0.25) is 0 Å². The quantitative estimate of drug-likeness (QED) is 0.743. The zero-order chi connectivity index (χ0) is 14.7. The lowest BCUT2D eigenvalue weighted by Gasteiger charge is -2.08. The second-order valence-corrected chi connectivity index (χ2v) is 4.31. The molecule has 6 nitrogen and oxygen atoms in total. The molecule has 3 rings (SSSR count). The Balaban J connectivity index is 1.90. The summed E-state index contributed by atoms with van der Waals surface area (Å²) < 4.78 is 4.58. The lowest BCUT2D eigenvalue weighted by Crippen LogP contribution is -2.05. The van der Waals surface area contributed by atoms with Gasteiger partial charge in [0.15, 0.2) is 5.69 Å². The van der Waals surface area contributed by atoms with E-state index in [9.17, 15) is 4.79 Å². The molecule has 0 atom stereocenters. The molecule has 0 unspecified atom stereocenters. The average Bonchev–Trinajstić information content (AvgIpc) is 2.55. The van der Waals surface area contributed by atoms with E-state index in [0.717, 1.165) is 16.5 Å². The second-order valence-electron chi connectivity index (χ2n) is 4.31. The predicted octanol–water partition coefficient (Wildman–Crippen LogP) is 2.56. The Morgan fingerprint density at radius 2 is 2.05 bits per heavy atom. The van der Waals surface area contributed by atoms with Crippen LogP contribution in [0.15, 0.2) is 49.1 Å². The fraction of sp³-hybridized carbons (Fsp3) is 0.0667. The number of nitrogens with one attached hydrogen (secondary N) is 1. The van der Waals surface area contributed by atoms with Crippen molar-refractivity contribution in [1.82, 2.24) is 15.0 Å². The highest BCUT2D eigenvalue weighted by molar-refractivity contribution is 5.94. The SMILES string of the molecule is COC(=O)c1cnc(Nc2cccc3ccncc23)cn1. The highest BCUT2D eigenvalue weighted by atomic mass is 16.5. The fourth-order valence-electron chi connectivity index (χ4n) is 1.96. The number of fused-ring (bicyclic) bond motifs is 1. The predicted molar refractivity (Wildman–Crippen MR) is 78.4 cm³/mol. The fourth-order valence-corrected chi connectivity index (χ4v) is 1.96. The van der Waals surface area contributed by atoms with E-state index in [4.69, 9.17) is 0 Å². The number of rotatable bonds is 3. The van der Waals surface area contributed by atoms with Crippen molar-refractivity contribution in [2.45, 2.75) is 0 Å². The van der Waals surface area contributed by atoms with Gasteiger partial charge in [-0.2, -0.15) is 0 Å². The van der Waals surface area contributed by atoms with Gasteiger partial charge >= 0.3 is 5.97 Å². The van der Waals surface area contributed by atoms with Crippen LogP contribution in [-0.4, -0.2) is 28.0 Å². The van der Waals surface area contributed by atoms with E-state index in [1.807, 2.05) is 24.3 Å². The largest absolute Gasteiger partial charge is 0.464 e. The molecule has 1 aromatic carbocycles. The van der Waals surface area contributed by atoms with E-state index in [1.54, 1.807) is 12.4 Å². The molecule has 0 aliphatic carbocycles. The first kappa shape index (κ1) is 13.0. The first-order chi connectivity index (χ1) is 10.3. The summed E-state index contributed by atoms with van der Waals surface area (Å²) in [6, 6.07) is 7.82. The molecule has 0 saturated carbocycles. The van der Waals surface area contributed by atoms with Crippen LogP contribution in [0.5, 0.6) is 0 Å². The number of anilines is 2. The van der Waals surface area contributed by atoms with Crippen LogP contribution in [0.2, 0.25) is 0 Å². The zero-order valence-corrected chi connectivity index (χ0v) is 11.3. The number of pyridine rings is 1. The molecule has 0 spiro atoms. The molecule has 3 aromatic rings. The van der Waals surface area contributed by atoms with Gasteiger partial charge in [0.25, 0.3) is 0 Å². The molecule has 0 saturated heterocycles. The Hall–Kier alpha value is -3.02. The summed E-state index contributed by atoms with van der Waals surface area (Å²) in [4.78, 5) is 23.6. The molecule has 1 N–H and O–H groups in total. The van der Waals surface area contributed by atoms with E-state index < -0.39 is 5.97 Å². The van der Waals surface area contributed by atoms with Gasteiger partial charge in [-0.1, -0.05) is 12.1 Å². The number of esters is 1. The van der Waals surface area contributed by atoms with Crippen LogP contribution in [0, 0.1) is 0 Å². The van der Waals surface area contributed by atoms with Gasteiger partial charge in [0.1, 0.15) is 5.82 Å². The third-order valence-corrected chi connectivity index (χ3v) is 2.99. The summed E-state index contributed by atoms with van der Waals surface area (Å²) in [6.45, 7) is 0. The second kappa shape index (κ2) is 5.54. The van der Waals surface area contributed by atoms with Gasteiger partial charge in [0, 0.05) is 23.5 Å². The first-order valence-electron chi connectivity index (χ1n) is 6.28. The maximum atomic E-state index is 11.3. The van der Waals surface area contributed by atoms with E-state index in [1.165, 1.54) is 19.5 Å². The van der Waals surface area contributed by atoms with Crippen molar-refractivity contribution in [2.75, 3.05) is 12.4 Å². The van der Waals surface area contributed by atoms with Gasteiger partial charge in [-0.15, -0.1) is 0 Å². The van der Waals surface area contributed by atoms with Crippen LogP contribution in [0.1, 0.15) is 10.5 Å². The molecule has 21 heavy (non-hydrogen) atoms. The Kier molecular flexibility index (Phi) is 3.42. The van der Waals surface area contributed by atoms with Gasteiger partial charge in [-0.05, 0) is 17.5 Å². The molecule has 2 aromatic heterocycles.